The molecule has 0 amide bonds. The van der Waals surface area contributed by atoms with E-state index >= 15 is 0 Å². The SMILES string of the molecule is COc1cccc2c1O[C@H]1CCC=C[C@@]21C. The molecule has 3 rings (SSSR count). The van der Waals surface area contributed by atoms with Gasteiger partial charge in [-0.1, -0.05) is 24.3 Å². The first kappa shape index (κ1) is 9.76. The predicted octanol–water partition coefficient (Wildman–Crippen LogP) is 3.06. The van der Waals surface area contributed by atoms with Crippen LogP contribution in [0.2, 0.25) is 0 Å². The molecule has 0 saturated heterocycles. The molecule has 0 radical (unpaired) electrons. The summed E-state index contributed by atoms with van der Waals surface area (Å²) in [5.74, 6) is 1.78. The van der Waals surface area contributed by atoms with Crippen LogP contribution in [0, 0.1) is 0 Å². The fraction of sp³-hybridized carbons (Fsp3) is 0.429. The van der Waals surface area contributed by atoms with Gasteiger partial charge in [-0.25, -0.2) is 0 Å². The lowest BCUT2D eigenvalue weighted by atomic mass is 9.74. The van der Waals surface area contributed by atoms with E-state index in [-0.39, 0.29) is 11.5 Å². The molecule has 2 heteroatoms. The average Bonchev–Trinajstić information content (AvgIpc) is 2.62. The molecule has 1 heterocycles. The topological polar surface area (TPSA) is 18.5 Å². The smallest absolute Gasteiger partial charge is 0.165 e. The van der Waals surface area contributed by atoms with Crippen molar-refractivity contribution in [3.8, 4) is 11.5 Å². The highest BCUT2D eigenvalue weighted by Crippen LogP contribution is 2.50. The molecule has 0 fully saturated rings. The third-order valence-corrected chi connectivity index (χ3v) is 3.77. The van der Waals surface area contributed by atoms with Gasteiger partial charge in [0.05, 0.1) is 12.5 Å². The minimum atomic E-state index is 0.0299. The van der Waals surface area contributed by atoms with E-state index in [1.54, 1.807) is 7.11 Å². The highest BCUT2D eigenvalue weighted by molar-refractivity contribution is 5.56. The van der Waals surface area contributed by atoms with Crippen LogP contribution in [0.4, 0.5) is 0 Å². The average molecular weight is 216 g/mol. The molecular formula is C14H16O2. The summed E-state index contributed by atoms with van der Waals surface area (Å²) < 4.78 is 11.4. The van der Waals surface area contributed by atoms with E-state index in [2.05, 4.69) is 25.1 Å². The van der Waals surface area contributed by atoms with Crippen LogP contribution < -0.4 is 9.47 Å². The van der Waals surface area contributed by atoms with Crippen LogP contribution >= 0.6 is 0 Å². The number of hydrogen-bond acceptors (Lipinski definition) is 2. The van der Waals surface area contributed by atoms with Crippen LogP contribution in [0.1, 0.15) is 25.3 Å². The van der Waals surface area contributed by atoms with Crippen molar-refractivity contribution in [1.82, 2.24) is 0 Å². The number of fused-ring (bicyclic) bond motifs is 3. The number of methoxy groups -OCH3 is 1. The molecule has 1 aromatic carbocycles. The van der Waals surface area contributed by atoms with Crippen molar-refractivity contribution in [2.24, 2.45) is 0 Å². The fourth-order valence-electron chi connectivity index (χ4n) is 2.79. The molecule has 0 spiro atoms. The fourth-order valence-corrected chi connectivity index (χ4v) is 2.79. The third-order valence-electron chi connectivity index (χ3n) is 3.77. The van der Waals surface area contributed by atoms with Crippen molar-refractivity contribution in [2.45, 2.75) is 31.3 Å². The molecule has 0 saturated carbocycles. The first-order chi connectivity index (χ1) is 7.75. The molecule has 1 aliphatic heterocycles. The summed E-state index contributed by atoms with van der Waals surface area (Å²) >= 11 is 0. The zero-order valence-electron chi connectivity index (χ0n) is 9.69. The highest BCUT2D eigenvalue weighted by atomic mass is 16.5. The van der Waals surface area contributed by atoms with E-state index in [0.29, 0.717) is 0 Å². The molecule has 0 N–H and O–H groups in total. The second kappa shape index (κ2) is 3.27. The van der Waals surface area contributed by atoms with E-state index in [1.807, 2.05) is 12.1 Å². The lowest BCUT2D eigenvalue weighted by Crippen LogP contribution is -2.35. The van der Waals surface area contributed by atoms with E-state index in [0.717, 1.165) is 24.3 Å². The monoisotopic (exact) mass is 216 g/mol. The van der Waals surface area contributed by atoms with Gasteiger partial charge in [0.1, 0.15) is 6.10 Å². The summed E-state index contributed by atoms with van der Waals surface area (Å²) in [4.78, 5) is 0. The summed E-state index contributed by atoms with van der Waals surface area (Å²) in [5, 5.41) is 0. The van der Waals surface area contributed by atoms with Gasteiger partial charge in [0.2, 0.25) is 0 Å². The minimum absolute atomic E-state index is 0.0299. The molecule has 84 valence electrons. The maximum atomic E-state index is 6.06. The van der Waals surface area contributed by atoms with Gasteiger partial charge in [0, 0.05) is 5.56 Å². The van der Waals surface area contributed by atoms with Gasteiger partial charge in [0.15, 0.2) is 11.5 Å². The molecule has 2 nitrogen and oxygen atoms in total. The Labute approximate surface area is 95.9 Å². The van der Waals surface area contributed by atoms with Crippen LogP contribution in [0.15, 0.2) is 30.4 Å². The van der Waals surface area contributed by atoms with Crippen molar-refractivity contribution in [2.75, 3.05) is 7.11 Å². The quantitative estimate of drug-likeness (QED) is 0.672. The Morgan fingerprint density at radius 3 is 3.12 bits per heavy atom. The number of hydrogen-bond donors (Lipinski definition) is 0. The zero-order valence-corrected chi connectivity index (χ0v) is 9.69. The van der Waals surface area contributed by atoms with E-state index in [9.17, 15) is 0 Å². The van der Waals surface area contributed by atoms with Gasteiger partial charge in [-0.05, 0) is 25.8 Å². The molecule has 2 atom stereocenters. The van der Waals surface area contributed by atoms with Gasteiger partial charge >= 0.3 is 0 Å². The Morgan fingerprint density at radius 2 is 2.31 bits per heavy atom. The molecule has 1 aromatic rings. The highest BCUT2D eigenvalue weighted by Gasteiger charge is 2.45. The van der Waals surface area contributed by atoms with Gasteiger partial charge in [-0.3, -0.25) is 0 Å². The van der Waals surface area contributed by atoms with Crippen LogP contribution in [0.5, 0.6) is 11.5 Å². The lowest BCUT2D eigenvalue weighted by molar-refractivity contribution is 0.160. The Morgan fingerprint density at radius 1 is 1.44 bits per heavy atom. The van der Waals surface area contributed by atoms with Crippen LogP contribution in [0.25, 0.3) is 0 Å². The van der Waals surface area contributed by atoms with Crippen LogP contribution in [-0.2, 0) is 5.41 Å². The molecule has 0 aromatic heterocycles. The summed E-state index contributed by atoms with van der Waals surface area (Å²) in [6.45, 7) is 2.25. The maximum Gasteiger partial charge on any atom is 0.165 e. The Bertz CT molecular complexity index is 450. The van der Waals surface area contributed by atoms with Gasteiger partial charge < -0.3 is 9.47 Å². The summed E-state index contributed by atoms with van der Waals surface area (Å²) in [6.07, 6.45) is 7.01. The maximum absolute atomic E-state index is 6.06. The van der Waals surface area contributed by atoms with Crippen molar-refractivity contribution in [3.63, 3.8) is 0 Å². The van der Waals surface area contributed by atoms with Crippen LogP contribution in [-0.4, -0.2) is 13.2 Å². The van der Waals surface area contributed by atoms with Crippen molar-refractivity contribution in [3.05, 3.63) is 35.9 Å². The van der Waals surface area contributed by atoms with Crippen molar-refractivity contribution < 1.29 is 9.47 Å². The van der Waals surface area contributed by atoms with E-state index in [4.69, 9.17) is 9.47 Å². The standard InChI is InChI=1S/C14H16O2/c1-14-9-4-3-8-12(14)16-13-10(14)6-5-7-11(13)15-2/h4-7,9,12H,3,8H2,1-2H3/t12-,14-/m0/s1. The molecule has 0 bridgehead atoms. The van der Waals surface area contributed by atoms with Crippen molar-refractivity contribution in [1.29, 1.82) is 0 Å². The first-order valence-electron chi connectivity index (χ1n) is 5.77. The largest absolute Gasteiger partial charge is 0.493 e. The number of ether oxygens (including phenoxy) is 2. The minimum Gasteiger partial charge on any atom is -0.493 e. The number of para-hydroxylation sites is 1. The van der Waals surface area contributed by atoms with Crippen LogP contribution in [0.3, 0.4) is 0 Å². The van der Waals surface area contributed by atoms with E-state index in [1.165, 1.54) is 5.56 Å². The Kier molecular flexibility index (Phi) is 2.00. The number of benzene rings is 1. The van der Waals surface area contributed by atoms with Crippen molar-refractivity contribution >= 4 is 0 Å². The van der Waals surface area contributed by atoms with Gasteiger partial charge in [-0.2, -0.15) is 0 Å². The molecule has 1 aliphatic carbocycles. The summed E-state index contributed by atoms with van der Waals surface area (Å²) in [6, 6.07) is 6.15. The molecule has 0 unspecified atom stereocenters. The summed E-state index contributed by atoms with van der Waals surface area (Å²) in [5.41, 5.74) is 1.29. The molecule has 2 aliphatic rings. The first-order valence-corrected chi connectivity index (χ1v) is 5.77. The second-order valence-electron chi connectivity index (χ2n) is 4.71. The Balaban J connectivity index is 2.17. The van der Waals surface area contributed by atoms with E-state index < -0.39 is 0 Å². The lowest BCUT2D eigenvalue weighted by Gasteiger charge is -2.30. The Hall–Kier alpha value is -1.44. The van der Waals surface area contributed by atoms with Gasteiger partial charge in [0.25, 0.3) is 0 Å². The van der Waals surface area contributed by atoms with Gasteiger partial charge in [-0.15, -0.1) is 0 Å². The number of rotatable bonds is 1. The zero-order chi connectivity index (χ0) is 11.2. The number of allylic oxidation sites excluding steroid dienone is 1. The third kappa shape index (κ3) is 1.13. The molecular weight excluding hydrogens is 200 g/mol. The summed E-state index contributed by atoms with van der Waals surface area (Å²) in [7, 11) is 1.69. The second-order valence-corrected chi connectivity index (χ2v) is 4.71. The predicted molar refractivity (Wildman–Crippen MR) is 63.1 cm³/mol. The molecule has 16 heavy (non-hydrogen) atoms. The normalized spacial score (nSPS) is 30.5.